The van der Waals surface area contributed by atoms with Gasteiger partial charge in [-0.3, -0.25) is 4.90 Å². The fourth-order valence-corrected chi connectivity index (χ4v) is 4.54. The van der Waals surface area contributed by atoms with Crippen molar-refractivity contribution in [2.24, 2.45) is 0 Å². The molecule has 0 fully saturated rings. The maximum atomic E-state index is 13.0. The number of fused-ring (bicyclic) bond motifs is 1. The number of rotatable bonds is 6. The highest BCUT2D eigenvalue weighted by atomic mass is 32.1. The molecule has 2 aromatic carbocycles. The van der Waals surface area contributed by atoms with Crippen LogP contribution in [0.4, 0.5) is 4.39 Å². The van der Waals surface area contributed by atoms with Crippen LogP contribution in [-0.2, 0) is 6.42 Å². The number of hydrogen-bond acceptors (Lipinski definition) is 4. The van der Waals surface area contributed by atoms with Crippen LogP contribution in [0.15, 0.2) is 66.0 Å². The van der Waals surface area contributed by atoms with Gasteiger partial charge in [0.1, 0.15) is 24.3 Å². The molecule has 3 aromatic rings. The predicted molar refractivity (Wildman–Crippen MR) is 106 cm³/mol. The monoisotopic (exact) mass is 383 g/mol. The minimum atomic E-state index is -0.624. The van der Waals surface area contributed by atoms with E-state index in [2.05, 4.69) is 40.6 Å². The average molecular weight is 383 g/mol. The molecule has 2 heterocycles. The predicted octanol–water partition coefficient (Wildman–Crippen LogP) is 4.27. The van der Waals surface area contributed by atoms with Crippen molar-refractivity contribution in [2.75, 3.05) is 19.7 Å². The van der Waals surface area contributed by atoms with E-state index in [0.29, 0.717) is 12.3 Å². The number of nitrogens with zero attached hydrogens (tertiary/aromatic N) is 1. The molecular weight excluding hydrogens is 361 g/mol. The summed E-state index contributed by atoms with van der Waals surface area (Å²) < 4.78 is 18.6. The molecule has 1 aliphatic heterocycles. The lowest BCUT2D eigenvalue weighted by atomic mass is 9.93. The van der Waals surface area contributed by atoms with Crippen LogP contribution in [0.25, 0.3) is 0 Å². The van der Waals surface area contributed by atoms with E-state index >= 15 is 0 Å². The van der Waals surface area contributed by atoms with E-state index in [-0.39, 0.29) is 18.5 Å². The Morgan fingerprint density at radius 2 is 1.89 bits per heavy atom. The largest absolute Gasteiger partial charge is 0.491 e. The van der Waals surface area contributed by atoms with Crippen molar-refractivity contribution in [2.45, 2.75) is 18.6 Å². The fraction of sp³-hybridized carbons (Fsp3) is 0.273. The van der Waals surface area contributed by atoms with E-state index in [1.54, 1.807) is 12.1 Å². The molecule has 1 aromatic heterocycles. The second-order valence-electron chi connectivity index (χ2n) is 6.78. The van der Waals surface area contributed by atoms with Crippen molar-refractivity contribution in [1.82, 2.24) is 4.90 Å². The Morgan fingerprint density at radius 1 is 1.11 bits per heavy atom. The van der Waals surface area contributed by atoms with Crippen LogP contribution in [0.1, 0.15) is 22.0 Å². The first-order valence-corrected chi connectivity index (χ1v) is 10.0. The zero-order valence-electron chi connectivity index (χ0n) is 14.9. The van der Waals surface area contributed by atoms with Crippen molar-refractivity contribution in [3.63, 3.8) is 0 Å². The standard InChI is InChI=1S/C22H22FNO2S/c23-17-6-8-19(9-7-17)26-15-18(25)14-24-12-10-21-20(11-13-27-21)22(24)16-4-2-1-3-5-16/h1-9,11,13,18,22,25H,10,12,14-15H2. The molecule has 140 valence electrons. The van der Waals surface area contributed by atoms with E-state index in [1.807, 2.05) is 17.4 Å². The lowest BCUT2D eigenvalue weighted by molar-refractivity contribution is 0.0557. The number of aliphatic hydroxyl groups is 1. The van der Waals surface area contributed by atoms with Crippen molar-refractivity contribution in [3.8, 4) is 5.75 Å². The Morgan fingerprint density at radius 3 is 2.67 bits per heavy atom. The smallest absolute Gasteiger partial charge is 0.123 e. The molecule has 0 aliphatic carbocycles. The highest BCUT2D eigenvalue weighted by molar-refractivity contribution is 7.10. The third kappa shape index (κ3) is 4.21. The molecule has 3 nitrogen and oxygen atoms in total. The van der Waals surface area contributed by atoms with Gasteiger partial charge in [0, 0.05) is 18.0 Å². The van der Waals surface area contributed by atoms with Crippen LogP contribution in [-0.4, -0.2) is 35.8 Å². The van der Waals surface area contributed by atoms with Gasteiger partial charge in [0.25, 0.3) is 0 Å². The van der Waals surface area contributed by atoms with Crippen LogP contribution in [0.2, 0.25) is 0 Å². The highest BCUT2D eigenvalue weighted by Crippen LogP contribution is 2.37. The molecule has 27 heavy (non-hydrogen) atoms. The van der Waals surface area contributed by atoms with E-state index in [1.165, 1.54) is 28.1 Å². The Hall–Kier alpha value is -2.21. The minimum absolute atomic E-state index is 0.154. The van der Waals surface area contributed by atoms with Gasteiger partial charge in [-0.2, -0.15) is 0 Å². The molecule has 5 heteroatoms. The molecule has 1 N–H and O–H groups in total. The second kappa shape index (κ2) is 8.21. The lowest BCUT2D eigenvalue weighted by Gasteiger charge is -2.37. The van der Waals surface area contributed by atoms with Crippen LogP contribution < -0.4 is 4.74 Å². The second-order valence-corrected chi connectivity index (χ2v) is 7.78. The van der Waals surface area contributed by atoms with Crippen LogP contribution in [0, 0.1) is 5.82 Å². The van der Waals surface area contributed by atoms with E-state index in [0.717, 1.165) is 13.0 Å². The van der Waals surface area contributed by atoms with Gasteiger partial charge in [-0.25, -0.2) is 4.39 Å². The molecule has 0 saturated carbocycles. The summed E-state index contributed by atoms with van der Waals surface area (Å²) in [6, 6.07) is 18.7. The van der Waals surface area contributed by atoms with Gasteiger partial charge in [-0.1, -0.05) is 30.3 Å². The number of ether oxygens (including phenoxy) is 1. The van der Waals surface area contributed by atoms with Crippen molar-refractivity contribution in [1.29, 1.82) is 0 Å². The topological polar surface area (TPSA) is 32.7 Å². The number of aliphatic hydroxyl groups excluding tert-OH is 1. The Labute approximate surface area is 162 Å². The highest BCUT2D eigenvalue weighted by Gasteiger charge is 2.30. The molecule has 4 rings (SSSR count). The van der Waals surface area contributed by atoms with E-state index in [9.17, 15) is 9.50 Å². The maximum absolute atomic E-state index is 13.0. The van der Waals surface area contributed by atoms with Gasteiger partial charge < -0.3 is 9.84 Å². The zero-order valence-corrected chi connectivity index (χ0v) is 15.7. The summed E-state index contributed by atoms with van der Waals surface area (Å²) in [6.07, 6.45) is 0.378. The number of hydrogen-bond donors (Lipinski definition) is 1. The molecule has 0 bridgehead atoms. The summed E-state index contributed by atoms with van der Waals surface area (Å²) in [4.78, 5) is 3.75. The van der Waals surface area contributed by atoms with Crippen molar-refractivity contribution < 1.29 is 14.2 Å². The molecule has 2 atom stereocenters. The van der Waals surface area contributed by atoms with Crippen molar-refractivity contribution >= 4 is 11.3 Å². The van der Waals surface area contributed by atoms with Gasteiger partial charge in [0.2, 0.25) is 0 Å². The third-order valence-corrected chi connectivity index (χ3v) is 5.88. The SMILES string of the molecule is OC(COc1ccc(F)cc1)CN1CCc2sccc2C1c1ccccc1. The molecule has 0 spiro atoms. The number of halogens is 1. The van der Waals surface area contributed by atoms with Gasteiger partial charge in [-0.05, 0) is 53.3 Å². The first-order valence-electron chi connectivity index (χ1n) is 9.12. The Balaban J connectivity index is 1.46. The summed E-state index contributed by atoms with van der Waals surface area (Å²) in [5, 5.41) is 12.7. The van der Waals surface area contributed by atoms with Gasteiger partial charge in [0.05, 0.1) is 6.04 Å². The number of thiophene rings is 1. The molecule has 0 amide bonds. The van der Waals surface area contributed by atoms with Gasteiger partial charge in [0.15, 0.2) is 0 Å². The van der Waals surface area contributed by atoms with Crippen LogP contribution in [0.5, 0.6) is 5.75 Å². The first kappa shape index (κ1) is 18.2. The molecule has 0 saturated heterocycles. The summed E-state index contributed by atoms with van der Waals surface area (Å²) >= 11 is 1.81. The van der Waals surface area contributed by atoms with Crippen LogP contribution in [0.3, 0.4) is 0 Å². The Bertz CT molecular complexity index is 866. The first-order chi connectivity index (χ1) is 13.2. The van der Waals surface area contributed by atoms with E-state index in [4.69, 9.17) is 4.74 Å². The summed E-state index contributed by atoms with van der Waals surface area (Å²) in [5.41, 5.74) is 2.58. The molecule has 1 aliphatic rings. The minimum Gasteiger partial charge on any atom is -0.491 e. The Kier molecular flexibility index (Phi) is 5.53. The number of β-amino-alcohol motifs (C(OH)–C–C–N with tert-alkyl or cyclic N) is 1. The summed E-state index contributed by atoms with van der Waals surface area (Å²) in [6.45, 7) is 1.61. The van der Waals surface area contributed by atoms with E-state index < -0.39 is 6.10 Å². The normalized spacial score (nSPS) is 18.1. The zero-order chi connectivity index (χ0) is 18.6. The van der Waals surface area contributed by atoms with Crippen molar-refractivity contribution in [3.05, 3.63) is 87.9 Å². The lowest BCUT2D eigenvalue weighted by Crippen LogP contribution is -2.42. The summed E-state index contributed by atoms with van der Waals surface area (Å²) in [7, 11) is 0. The molecule has 2 unspecified atom stereocenters. The third-order valence-electron chi connectivity index (χ3n) is 4.88. The summed E-state index contributed by atoms with van der Waals surface area (Å²) in [5.74, 6) is 0.266. The van der Waals surface area contributed by atoms with Crippen LogP contribution >= 0.6 is 11.3 Å². The quantitative estimate of drug-likeness (QED) is 0.690. The molecule has 0 radical (unpaired) electrons. The average Bonchev–Trinajstić information content (AvgIpc) is 3.17. The fourth-order valence-electron chi connectivity index (χ4n) is 3.64. The number of benzene rings is 2. The van der Waals surface area contributed by atoms with Gasteiger partial charge in [-0.15, -0.1) is 11.3 Å². The molecular formula is C22H22FNO2S. The maximum Gasteiger partial charge on any atom is 0.123 e. The van der Waals surface area contributed by atoms with Gasteiger partial charge >= 0.3 is 0 Å².